The topological polar surface area (TPSA) is 429 Å². The fourth-order valence-electron chi connectivity index (χ4n) is 10.6. The summed E-state index contributed by atoms with van der Waals surface area (Å²) in [6, 6.07) is 11.8. The number of rotatable bonds is 57. The Morgan fingerprint density at radius 3 is 1.30 bits per heavy atom. The summed E-state index contributed by atoms with van der Waals surface area (Å²) in [5.74, 6) is -1.12. The van der Waals surface area contributed by atoms with Gasteiger partial charge in [-0.15, -0.1) is 25.3 Å². The normalized spacial score (nSPS) is 12.3. The third-order valence-electron chi connectivity index (χ3n) is 16.6. The molecule has 2 aromatic rings. The van der Waals surface area contributed by atoms with E-state index in [0.717, 1.165) is 121 Å². The Kier molecular flexibility index (Phi) is 80.7. The number of sulfone groups is 1. The molecule has 1 heterocycles. The molecule has 4 N–H and O–H groups in total. The molecule has 0 aromatic heterocycles. The van der Waals surface area contributed by atoms with E-state index in [-0.39, 0.29) is 107 Å². The first kappa shape index (κ1) is 123. The van der Waals surface area contributed by atoms with Crippen molar-refractivity contribution in [3.8, 4) is 0 Å². The summed E-state index contributed by atoms with van der Waals surface area (Å²) in [6.45, 7) is 44.0. The van der Waals surface area contributed by atoms with Gasteiger partial charge in [-0.1, -0.05) is 78.7 Å². The molecule has 2 aromatic carbocycles. The second-order valence-corrected chi connectivity index (χ2v) is 35.5. The van der Waals surface area contributed by atoms with Gasteiger partial charge in [0.2, 0.25) is 11.8 Å². The van der Waals surface area contributed by atoms with Gasteiger partial charge in [0.1, 0.15) is 22.2 Å². The van der Waals surface area contributed by atoms with Gasteiger partial charge in [-0.25, -0.2) is 21.6 Å². The van der Waals surface area contributed by atoms with Gasteiger partial charge < -0.3 is 53.8 Å². The predicted molar refractivity (Wildman–Crippen MR) is 473 cm³/mol. The van der Waals surface area contributed by atoms with Crippen LogP contribution >= 0.6 is 0 Å². The molecule has 704 valence electrons. The number of esters is 2. The number of anilines is 1. The number of ketones is 2. The number of aryl methyl sites for hydroxylation is 1. The lowest BCUT2D eigenvalue weighted by Crippen LogP contribution is -2.22. The summed E-state index contributed by atoms with van der Waals surface area (Å²) < 4.78 is 141. The number of carbonyl (C=O) groups excluding carboxylic acids is 8. The molecule has 34 heteroatoms. The van der Waals surface area contributed by atoms with Crippen molar-refractivity contribution in [1.82, 2.24) is 15.4 Å². The van der Waals surface area contributed by atoms with Crippen LogP contribution in [-0.2, 0) is 114 Å². The lowest BCUT2D eigenvalue weighted by Gasteiger charge is -2.17. The van der Waals surface area contributed by atoms with Gasteiger partial charge in [-0.3, -0.25) is 38.4 Å². The molecule has 121 heavy (non-hydrogen) atoms. The largest absolute Gasteiger partial charge is 0.465 e. The minimum absolute atomic E-state index is 0.00712. The summed E-state index contributed by atoms with van der Waals surface area (Å²) >= 11 is 0. The van der Waals surface area contributed by atoms with Crippen LogP contribution in [0, 0.1) is 11.8 Å². The van der Waals surface area contributed by atoms with Gasteiger partial charge >= 0.3 is 33.2 Å². The van der Waals surface area contributed by atoms with Crippen molar-refractivity contribution in [2.45, 2.75) is 359 Å². The van der Waals surface area contributed by atoms with Gasteiger partial charge in [-0.05, 0) is 249 Å². The Labute approximate surface area is 730 Å². The van der Waals surface area contributed by atoms with Gasteiger partial charge in [0.25, 0.3) is 21.8 Å². The Morgan fingerprint density at radius 1 is 0.438 bits per heavy atom. The summed E-state index contributed by atoms with van der Waals surface area (Å²) in [7, 11) is -13.1. The zero-order chi connectivity index (χ0) is 93.2. The minimum atomic E-state index is -3.65. The summed E-state index contributed by atoms with van der Waals surface area (Å²) in [5.41, 5.74) is 2.41. The van der Waals surface area contributed by atoms with Crippen molar-refractivity contribution in [3.05, 3.63) is 59.2 Å². The highest BCUT2D eigenvalue weighted by molar-refractivity contribution is 7.91. The molecule has 0 saturated heterocycles. The molecule has 3 atom stereocenters. The van der Waals surface area contributed by atoms with Crippen molar-refractivity contribution in [2.24, 2.45) is 11.8 Å². The molecule has 3 unspecified atom stereocenters. The van der Waals surface area contributed by atoms with Crippen molar-refractivity contribution < 1.29 is 118 Å². The Hall–Kier alpha value is -6.50. The van der Waals surface area contributed by atoms with Crippen LogP contribution in [-0.4, -0.2) is 203 Å². The number of nitrogens with one attached hydrogen (secondary N) is 4. The van der Waals surface area contributed by atoms with Crippen molar-refractivity contribution in [1.29, 1.82) is 0 Å². The molecule has 30 nitrogen and oxygen atoms in total. The molecule has 1 aliphatic rings. The van der Waals surface area contributed by atoms with Crippen LogP contribution in [0.1, 0.15) is 331 Å². The predicted octanol–water partition coefficient (Wildman–Crippen LogP) is 15.2. The van der Waals surface area contributed by atoms with E-state index in [1.165, 1.54) is 44.9 Å². The zero-order valence-electron chi connectivity index (χ0n) is 76.9. The molecule has 0 fully saturated rings. The number of sulfonamides is 1. The van der Waals surface area contributed by atoms with Crippen molar-refractivity contribution in [3.63, 3.8) is 0 Å². The van der Waals surface area contributed by atoms with E-state index in [1.807, 2.05) is 109 Å². The second-order valence-electron chi connectivity index (χ2n) is 30.9. The Balaban J connectivity index is -0.000000438. The van der Waals surface area contributed by atoms with Crippen LogP contribution in [0.25, 0.3) is 0 Å². The molecular formula is C87H156N4O26S4. The summed E-state index contributed by atoms with van der Waals surface area (Å²) in [6.07, 6.45) is 27.7. The van der Waals surface area contributed by atoms with E-state index < -0.39 is 52.7 Å². The first-order chi connectivity index (χ1) is 56.8. The molecule has 0 saturated carbocycles. The third-order valence-corrected chi connectivity index (χ3v) is 18.9. The highest BCUT2D eigenvalue weighted by Gasteiger charge is 2.32. The minimum Gasteiger partial charge on any atom is -0.465 e. The van der Waals surface area contributed by atoms with E-state index in [9.17, 15) is 55.2 Å². The van der Waals surface area contributed by atoms with E-state index >= 15 is 0 Å². The maximum atomic E-state index is 11.8. The number of Topliss-reactive ketones (excluding diaryl/α,β-unsaturated/α-hetero) is 2. The zero-order valence-corrected chi connectivity index (χ0v) is 80.1. The summed E-state index contributed by atoms with van der Waals surface area (Å²) in [4.78, 5) is 92.0. The Bertz CT molecular complexity index is 3500. The first-order valence-electron chi connectivity index (χ1n) is 43.3. The summed E-state index contributed by atoms with van der Waals surface area (Å²) in [5, 5.41) is 8.39. The van der Waals surface area contributed by atoms with Gasteiger partial charge in [0.05, 0.1) is 73.3 Å². The maximum absolute atomic E-state index is 11.8. The fourth-order valence-corrected chi connectivity index (χ4v) is 12.5. The average Bonchev–Trinajstić information content (AvgIpc) is 1.63. The lowest BCUT2D eigenvalue weighted by molar-refractivity contribution is -0.149. The third kappa shape index (κ3) is 86.8. The molecule has 1 aliphatic heterocycles. The molecule has 0 radical (unpaired) electrons. The number of carbonyl (C=O) groups is 8. The van der Waals surface area contributed by atoms with Crippen molar-refractivity contribution >= 4 is 93.9 Å². The lowest BCUT2D eigenvalue weighted by atomic mass is 10.0. The van der Waals surface area contributed by atoms with Crippen LogP contribution in [0.3, 0.4) is 0 Å². The molecular weight excluding hydrogens is 1650 g/mol. The number of unbranched alkanes of at least 4 members (excludes halogenated alkanes) is 11. The van der Waals surface area contributed by atoms with Gasteiger partial charge in [-0.2, -0.15) is 0 Å². The van der Waals surface area contributed by atoms with Gasteiger partial charge in [0.15, 0.2) is 9.84 Å². The quantitative estimate of drug-likeness (QED) is 0.0353. The SMILES string of the molecule is CC(C)OCCCCC(=O)CCCCC(=O)CS(C)(=O)=O.CC(C)OCCCc1ccc2c(c1)S(=O)(=O)NC2=O.CCCCOC(=O)C(C)CCC(C)OC(C)C.CCCOC(=O)C(C)CCCOC(C)C.CCNC(=O)CCCCCCCCCCOC(C)C.CCNC(=O)c1ccc(NC(=O)CCCCOC(C)C)cc1.O=S(=O)=O.O=S(=O)=O. The van der Waals surface area contributed by atoms with E-state index in [2.05, 4.69) is 43.6 Å². The molecule has 0 spiro atoms. The number of amides is 4. The monoisotopic (exact) mass is 1800 g/mol. The Morgan fingerprint density at radius 2 is 0.843 bits per heavy atom. The smallest absolute Gasteiger partial charge is 0.425 e. The number of hydrogen-bond donors (Lipinski definition) is 4. The van der Waals surface area contributed by atoms with Crippen LogP contribution in [0.2, 0.25) is 0 Å². The molecule has 4 amide bonds. The van der Waals surface area contributed by atoms with Crippen LogP contribution in [0.4, 0.5) is 5.69 Å². The van der Waals surface area contributed by atoms with Crippen LogP contribution < -0.4 is 20.7 Å². The van der Waals surface area contributed by atoms with E-state index in [1.54, 1.807) is 42.5 Å². The fraction of sp³-hybridized carbons (Fsp3) is 0.770. The first-order valence-corrected chi connectivity index (χ1v) is 48.8. The second kappa shape index (κ2) is 79.4. The number of benzene rings is 2. The standard InChI is InChI=1S/C17H26N2O3.C16H33NO2.C15H28O5S.C14H28O3.C13H17NO4S.C12H24O3.2O3S/c1-4-18-17(21)14-8-10-15(11-9-14)19-16(20)7-5-6-12-22-13(2)3;1-4-17-16(18)13-11-9-7-5-6-8-10-12-14-19-15(2)3;1-13(2)20-11-7-6-9-14(16)8-4-5-10-15(17)12-21(3,18)19;1-6-7-10-16-14(15)12(4)8-9-13(5)17-11(2)3;1-9(2)18-7-3-4-10-5-6-11-12(8-10)19(16,17)14-13(11)15;1-5-8-15-12(13)11(4)7-6-9-14-10(2)3;2*1-4(2)3/h8-11,13H,4-7,12H2,1-3H3,(H,18,21)(H,19,20);15H,4-14H2,1-3H3,(H,17,18);13H,4-12H2,1-3H3;11-13H,6-10H2,1-5H3;5-6,8-9H,3-4,7H2,1-2H3,(H,14,15);10-11H,5-9H2,1-4H3;;. The average molecular weight is 1800 g/mol. The van der Waals surface area contributed by atoms with Crippen molar-refractivity contribution in [2.75, 3.05) is 76.7 Å². The maximum Gasteiger partial charge on any atom is 0.425 e. The van der Waals surface area contributed by atoms with E-state index in [0.29, 0.717) is 95.5 Å². The van der Waals surface area contributed by atoms with Crippen LogP contribution in [0.15, 0.2) is 47.4 Å². The molecule has 0 bridgehead atoms. The van der Waals surface area contributed by atoms with Gasteiger partial charge in [0, 0.05) is 95.7 Å². The number of fused-ring (bicyclic) bond motifs is 1. The number of ether oxygens (including phenoxy) is 8. The molecule has 0 aliphatic carbocycles. The highest BCUT2D eigenvalue weighted by Crippen LogP contribution is 2.25. The highest BCUT2D eigenvalue weighted by atomic mass is 32.2. The number of hydrogen-bond acceptors (Lipinski definition) is 26. The molecule has 3 rings (SSSR count). The van der Waals surface area contributed by atoms with Crippen LogP contribution in [0.5, 0.6) is 0 Å². The van der Waals surface area contributed by atoms with E-state index in [4.69, 9.17) is 63.1 Å².